The van der Waals surface area contributed by atoms with E-state index in [0.717, 1.165) is 43.8 Å². The zero-order valence-corrected chi connectivity index (χ0v) is 12.6. The molecule has 0 fully saturated rings. The van der Waals surface area contributed by atoms with Crippen LogP contribution < -0.4 is 0 Å². The SMILES string of the molecule is O=Cc1c(-c2ccc[nH]2)c(Br)cc2c1[nH]c1ccccc12. The van der Waals surface area contributed by atoms with Crippen LogP contribution in [0, 0.1) is 0 Å². The number of hydrogen-bond donors (Lipinski definition) is 2. The van der Waals surface area contributed by atoms with Crippen LogP contribution in [-0.2, 0) is 0 Å². The Balaban J connectivity index is 2.20. The third-order valence-electron chi connectivity index (χ3n) is 3.78. The fourth-order valence-electron chi connectivity index (χ4n) is 2.86. The highest BCUT2D eigenvalue weighted by atomic mass is 79.9. The maximum absolute atomic E-state index is 11.7. The lowest BCUT2D eigenvalue weighted by molar-refractivity contribution is 0.112. The van der Waals surface area contributed by atoms with Crippen molar-refractivity contribution < 1.29 is 4.79 Å². The van der Waals surface area contributed by atoms with E-state index in [2.05, 4.69) is 38.0 Å². The summed E-state index contributed by atoms with van der Waals surface area (Å²) >= 11 is 3.61. The van der Waals surface area contributed by atoms with Gasteiger partial charge < -0.3 is 9.97 Å². The summed E-state index contributed by atoms with van der Waals surface area (Å²) in [6.45, 7) is 0. The predicted octanol–water partition coefficient (Wildman–Crippen LogP) is 4.89. The van der Waals surface area contributed by atoms with Crippen LogP contribution in [0.15, 0.2) is 53.1 Å². The Bertz CT molecular complexity index is 967. The van der Waals surface area contributed by atoms with Gasteiger partial charge in [-0.05, 0) is 24.3 Å². The molecule has 0 aliphatic heterocycles. The lowest BCUT2D eigenvalue weighted by atomic mass is 10.0. The maximum Gasteiger partial charge on any atom is 0.152 e. The van der Waals surface area contributed by atoms with Crippen molar-refractivity contribution in [2.45, 2.75) is 0 Å². The summed E-state index contributed by atoms with van der Waals surface area (Å²) in [5.74, 6) is 0. The molecule has 0 bridgehead atoms. The van der Waals surface area contributed by atoms with Gasteiger partial charge in [-0.1, -0.05) is 34.1 Å². The number of hydrogen-bond acceptors (Lipinski definition) is 1. The van der Waals surface area contributed by atoms with E-state index in [0.29, 0.717) is 5.56 Å². The third-order valence-corrected chi connectivity index (χ3v) is 4.41. The van der Waals surface area contributed by atoms with Crippen molar-refractivity contribution in [1.29, 1.82) is 0 Å². The highest BCUT2D eigenvalue weighted by Gasteiger charge is 2.17. The first-order chi connectivity index (χ1) is 10.3. The maximum atomic E-state index is 11.7. The predicted molar refractivity (Wildman–Crippen MR) is 88.7 cm³/mol. The average molecular weight is 339 g/mol. The van der Waals surface area contributed by atoms with Crippen LogP contribution in [0.1, 0.15) is 10.4 Å². The van der Waals surface area contributed by atoms with Crippen molar-refractivity contribution in [2.24, 2.45) is 0 Å². The molecule has 3 nitrogen and oxygen atoms in total. The Kier molecular flexibility index (Phi) is 2.72. The molecule has 21 heavy (non-hydrogen) atoms. The van der Waals surface area contributed by atoms with Crippen molar-refractivity contribution >= 4 is 44.0 Å². The summed E-state index contributed by atoms with van der Waals surface area (Å²) in [5, 5.41) is 2.17. The third kappa shape index (κ3) is 1.76. The normalized spacial score (nSPS) is 11.3. The number of fused-ring (bicyclic) bond motifs is 3. The minimum Gasteiger partial charge on any atom is -0.361 e. The Morgan fingerprint density at radius 2 is 1.90 bits per heavy atom. The quantitative estimate of drug-likeness (QED) is 0.502. The molecule has 2 heterocycles. The number of halogens is 1. The summed E-state index contributed by atoms with van der Waals surface area (Å²) in [5.41, 5.74) is 4.38. The van der Waals surface area contributed by atoms with Crippen LogP contribution in [0.5, 0.6) is 0 Å². The summed E-state index contributed by atoms with van der Waals surface area (Å²) in [7, 11) is 0. The number of benzene rings is 2. The Morgan fingerprint density at radius 3 is 2.67 bits per heavy atom. The zero-order chi connectivity index (χ0) is 14.4. The number of aromatic amines is 2. The molecule has 0 spiro atoms. The number of aromatic nitrogens is 2. The van der Waals surface area contributed by atoms with Crippen molar-refractivity contribution in [1.82, 2.24) is 9.97 Å². The number of para-hydroxylation sites is 1. The molecule has 0 atom stereocenters. The van der Waals surface area contributed by atoms with Gasteiger partial charge in [-0.15, -0.1) is 0 Å². The molecule has 2 N–H and O–H groups in total. The molecule has 4 aromatic rings. The van der Waals surface area contributed by atoms with Gasteiger partial charge in [0, 0.05) is 43.8 Å². The van der Waals surface area contributed by atoms with Crippen LogP contribution in [0.25, 0.3) is 33.1 Å². The Hall–Kier alpha value is -2.33. The van der Waals surface area contributed by atoms with Gasteiger partial charge in [0.1, 0.15) is 0 Å². The van der Waals surface area contributed by atoms with E-state index < -0.39 is 0 Å². The minimum absolute atomic E-state index is 0.665. The monoisotopic (exact) mass is 338 g/mol. The van der Waals surface area contributed by atoms with Crippen LogP contribution in [0.2, 0.25) is 0 Å². The summed E-state index contributed by atoms with van der Waals surface area (Å²) in [6, 6.07) is 14.0. The molecule has 0 amide bonds. The van der Waals surface area contributed by atoms with Crippen LogP contribution in [-0.4, -0.2) is 16.3 Å². The number of carbonyl (C=O) groups is 1. The number of H-pyrrole nitrogens is 2. The number of nitrogens with one attached hydrogen (secondary N) is 2. The van der Waals surface area contributed by atoms with E-state index in [1.165, 1.54) is 0 Å². The average Bonchev–Trinajstić information content (AvgIpc) is 3.13. The minimum atomic E-state index is 0.665. The van der Waals surface area contributed by atoms with Crippen LogP contribution in [0.4, 0.5) is 0 Å². The topological polar surface area (TPSA) is 48.6 Å². The van der Waals surface area contributed by atoms with Crippen LogP contribution in [0.3, 0.4) is 0 Å². The summed E-state index contributed by atoms with van der Waals surface area (Å²) < 4.78 is 0.907. The highest BCUT2D eigenvalue weighted by Crippen LogP contribution is 2.38. The Morgan fingerprint density at radius 1 is 1.05 bits per heavy atom. The first kappa shape index (κ1) is 12.4. The molecule has 0 radical (unpaired) electrons. The second-order valence-corrected chi connectivity index (χ2v) is 5.80. The number of aldehydes is 1. The van der Waals surface area contributed by atoms with E-state index in [9.17, 15) is 4.79 Å². The molecule has 4 rings (SSSR count). The lowest BCUT2D eigenvalue weighted by Gasteiger charge is -2.08. The van der Waals surface area contributed by atoms with Gasteiger partial charge in [0.05, 0.1) is 5.52 Å². The molecule has 0 aliphatic carbocycles. The Labute approximate surface area is 129 Å². The molecule has 2 aromatic carbocycles. The number of rotatable bonds is 2. The van der Waals surface area contributed by atoms with Crippen molar-refractivity contribution in [2.75, 3.05) is 0 Å². The molecule has 0 aliphatic rings. The summed E-state index contributed by atoms with van der Waals surface area (Å²) in [4.78, 5) is 18.2. The second-order valence-electron chi connectivity index (χ2n) is 4.94. The molecule has 102 valence electrons. The second kappa shape index (κ2) is 4.60. The van der Waals surface area contributed by atoms with Gasteiger partial charge >= 0.3 is 0 Å². The molecule has 0 unspecified atom stereocenters. The first-order valence-electron chi connectivity index (χ1n) is 6.61. The zero-order valence-electron chi connectivity index (χ0n) is 11.0. The van der Waals surface area contributed by atoms with Crippen molar-refractivity contribution in [3.8, 4) is 11.3 Å². The van der Waals surface area contributed by atoms with E-state index in [1.54, 1.807) is 0 Å². The number of carbonyl (C=O) groups excluding carboxylic acids is 1. The van der Waals surface area contributed by atoms with Gasteiger partial charge in [0.2, 0.25) is 0 Å². The van der Waals surface area contributed by atoms with Gasteiger partial charge in [-0.25, -0.2) is 0 Å². The van der Waals surface area contributed by atoms with E-state index >= 15 is 0 Å². The van der Waals surface area contributed by atoms with E-state index in [1.807, 2.05) is 36.5 Å². The molecule has 0 saturated heterocycles. The van der Waals surface area contributed by atoms with Crippen molar-refractivity contribution in [3.05, 3.63) is 58.7 Å². The van der Waals surface area contributed by atoms with E-state index in [-0.39, 0.29) is 0 Å². The van der Waals surface area contributed by atoms with Gasteiger partial charge in [0.25, 0.3) is 0 Å². The largest absolute Gasteiger partial charge is 0.361 e. The first-order valence-corrected chi connectivity index (χ1v) is 7.41. The fourth-order valence-corrected chi connectivity index (χ4v) is 3.51. The van der Waals surface area contributed by atoms with Gasteiger partial charge in [-0.3, -0.25) is 4.79 Å². The standard InChI is InChI=1S/C17H11BrN2O/c18-13-8-11-10-4-1-2-5-14(10)20-17(11)12(9-21)16(13)15-6-3-7-19-15/h1-9,19-20H. The lowest BCUT2D eigenvalue weighted by Crippen LogP contribution is -1.91. The van der Waals surface area contributed by atoms with Crippen LogP contribution >= 0.6 is 15.9 Å². The fraction of sp³-hybridized carbons (Fsp3) is 0. The van der Waals surface area contributed by atoms with Gasteiger partial charge in [0.15, 0.2) is 6.29 Å². The van der Waals surface area contributed by atoms with E-state index in [4.69, 9.17) is 0 Å². The molecular formula is C17H11BrN2O. The summed E-state index contributed by atoms with van der Waals surface area (Å²) in [6.07, 6.45) is 2.77. The van der Waals surface area contributed by atoms with Gasteiger partial charge in [-0.2, -0.15) is 0 Å². The highest BCUT2D eigenvalue weighted by molar-refractivity contribution is 9.10. The smallest absolute Gasteiger partial charge is 0.152 e. The molecular weight excluding hydrogens is 328 g/mol. The van der Waals surface area contributed by atoms with Crippen molar-refractivity contribution in [3.63, 3.8) is 0 Å². The molecule has 4 heteroatoms. The molecule has 0 saturated carbocycles. The molecule has 2 aromatic heterocycles.